The van der Waals surface area contributed by atoms with E-state index in [1.54, 1.807) is 52.0 Å². The molecular formula is C73H108O12. The lowest BCUT2D eigenvalue weighted by molar-refractivity contribution is -0.172. The molecule has 0 amide bonds. The molecule has 4 rings (SSSR count). The molecule has 12 nitrogen and oxygen atoms in total. The standard InChI is InChI=1S/C73H108O12/c1-41(49-29-45(65(5,6)7)33-53(57(49)74)69(17,18)19)61(78)82-37-73(38-83-62(79)42(2)50-30-46(66(8,9)10)34-54(58(50)75)70(20,21)22,39-84-63(80)43(3)51-31-47(67(11,12)13)35-55(59(51)76)71(23,24)25)40-85-64(81)44(4)52-32-48(68(14,15)16)36-56(60(52)77)72(26,27)28/h29-36,41-44,74-77H,37-40H2,1-28H3. The van der Waals surface area contributed by atoms with Crippen LogP contribution in [0.15, 0.2) is 48.5 Å². The van der Waals surface area contributed by atoms with Crippen molar-refractivity contribution >= 4 is 23.9 Å². The normalized spacial score (nSPS) is 15.3. The van der Waals surface area contributed by atoms with E-state index in [4.69, 9.17) is 18.9 Å². The molecule has 0 fully saturated rings. The van der Waals surface area contributed by atoms with Crippen LogP contribution in [-0.2, 0) is 81.4 Å². The maximum Gasteiger partial charge on any atom is 0.313 e. The van der Waals surface area contributed by atoms with Crippen LogP contribution in [0, 0.1) is 5.41 Å². The largest absolute Gasteiger partial charge is 0.507 e. The number of hydrogen-bond acceptors (Lipinski definition) is 12. The zero-order chi connectivity index (χ0) is 65.7. The van der Waals surface area contributed by atoms with Gasteiger partial charge in [0.2, 0.25) is 0 Å². The van der Waals surface area contributed by atoms with Gasteiger partial charge in [0, 0.05) is 22.3 Å². The van der Waals surface area contributed by atoms with Gasteiger partial charge in [0.15, 0.2) is 0 Å². The summed E-state index contributed by atoms with van der Waals surface area (Å²) >= 11 is 0. The lowest BCUT2D eigenvalue weighted by atomic mass is 9.77. The van der Waals surface area contributed by atoms with Crippen molar-refractivity contribution in [3.05, 3.63) is 115 Å². The lowest BCUT2D eigenvalue weighted by Crippen LogP contribution is -2.45. The van der Waals surface area contributed by atoms with Gasteiger partial charge in [-0.3, -0.25) is 19.2 Å². The van der Waals surface area contributed by atoms with Gasteiger partial charge in [-0.15, -0.1) is 0 Å². The zero-order valence-electron chi connectivity index (χ0n) is 57.3. The first-order valence-corrected chi connectivity index (χ1v) is 30.3. The summed E-state index contributed by atoms with van der Waals surface area (Å²) < 4.78 is 25.2. The molecule has 0 bridgehead atoms. The van der Waals surface area contributed by atoms with Gasteiger partial charge in [-0.2, -0.15) is 0 Å². The number of aromatic hydroxyl groups is 4. The maximum atomic E-state index is 14.8. The van der Waals surface area contributed by atoms with E-state index in [0.717, 1.165) is 22.3 Å². The van der Waals surface area contributed by atoms with E-state index >= 15 is 0 Å². The summed E-state index contributed by atoms with van der Waals surface area (Å²) in [4.78, 5) is 59.2. The SMILES string of the molecule is CC(C(=O)OCC(COC(=O)C(C)c1cc(C(C)(C)C)cc(C(C)(C)C)c1O)(COC(=O)C(C)c1cc(C(C)(C)C)cc(C(C)(C)C)c1O)COC(=O)C(C)c1cc(C(C)(C)C)cc(C(C)(C)C)c1O)c1cc(C(C)(C)C)cc(C(C)(C)C)c1O. The van der Waals surface area contributed by atoms with Gasteiger partial charge in [0.25, 0.3) is 0 Å². The van der Waals surface area contributed by atoms with Crippen LogP contribution in [-0.4, -0.2) is 70.7 Å². The highest BCUT2D eigenvalue weighted by molar-refractivity contribution is 5.82. The molecule has 0 heterocycles. The zero-order valence-corrected chi connectivity index (χ0v) is 57.3. The fraction of sp³-hybridized carbons (Fsp3) is 0.616. The van der Waals surface area contributed by atoms with Gasteiger partial charge in [0.05, 0.1) is 23.7 Å². The summed E-state index contributed by atoms with van der Waals surface area (Å²) in [5, 5.41) is 47.7. The molecule has 0 spiro atoms. The molecule has 4 aromatic carbocycles. The molecule has 0 aliphatic heterocycles. The van der Waals surface area contributed by atoms with Crippen LogP contribution in [0.1, 0.15) is 284 Å². The number of hydrogen-bond donors (Lipinski definition) is 4. The van der Waals surface area contributed by atoms with E-state index in [1.165, 1.54) is 0 Å². The monoisotopic (exact) mass is 1180 g/mol. The molecule has 472 valence electrons. The van der Waals surface area contributed by atoms with Crippen LogP contribution >= 0.6 is 0 Å². The number of esters is 4. The number of rotatable bonds is 16. The van der Waals surface area contributed by atoms with E-state index in [1.807, 2.05) is 190 Å². The molecule has 0 aromatic heterocycles. The van der Waals surface area contributed by atoms with Gasteiger partial charge in [-0.1, -0.05) is 215 Å². The second-order valence-corrected chi connectivity index (χ2v) is 32.7. The van der Waals surface area contributed by atoms with E-state index in [9.17, 15) is 39.6 Å². The van der Waals surface area contributed by atoms with Crippen LogP contribution in [0.3, 0.4) is 0 Å². The Morgan fingerprint density at radius 3 is 0.576 bits per heavy atom. The molecule has 0 aliphatic rings. The molecule has 0 radical (unpaired) electrons. The minimum Gasteiger partial charge on any atom is -0.507 e. The Balaban J connectivity index is 1.99. The fourth-order valence-electron chi connectivity index (χ4n) is 10.1. The van der Waals surface area contributed by atoms with Gasteiger partial charge in [0.1, 0.15) is 54.8 Å². The maximum absolute atomic E-state index is 14.8. The highest BCUT2D eigenvalue weighted by Crippen LogP contribution is 2.46. The Kier molecular flexibility index (Phi) is 21.0. The quantitative estimate of drug-likeness (QED) is 0.0615. The summed E-state index contributed by atoms with van der Waals surface area (Å²) in [5.41, 5.74) is 2.07. The smallest absolute Gasteiger partial charge is 0.313 e. The molecule has 4 aromatic rings. The van der Waals surface area contributed by atoms with E-state index in [-0.39, 0.29) is 44.7 Å². The minimum atomic E-state index is -1.83. The van der Waals surface area contributed by atoms with E-state index < -0.39 is 101 Å². The second kappa shape index (κ2) is 25.0. The lowest BCUT2D eigenvalue weighted by Gasteiger charge is -2.34. The van der Waals surface area contributed by atoms with E-state index in [2.05, 4.69) is 0 Å². The van der Waals surface area contributed by atoms with Gasteiger partial charge in [-0.25, -0.2) is 0 Å². The Hall–Kier alpha value is -6.04. The predicted molar refractivity (Wildman–Crippen MR) is 342 cm³/mol. The fourth-order valence-corrected chi connectivity index (χ4v) is 10.1. The molecule has 12 heteroatoms. The van der Waals surface area contributed by atoms with Crippen LogP contribution in [0.25, 0.3) is 0 Å². The summed E-state index contributed by atoms with van der Waals surface area (Å²) in [7, 11) is 0. The molecule has 0 aliphatic carbocycles. The predicted octanol–water partition coefficient (Wildman–Crippen LogP) is 16.6. The van der Waals surface area contributed by atoms with Crippen molar-refractivity contribution in [2.75, 3.05) is 26.4 Å². The average molecular weight is 1180 g/mol. The first kappa shape index (κ1) is 71.4. The number of ether oxygens (including phenoxy) is 4. The number of benzene rings is 4. The Morgan fingerprint density at radius 1 is 0.294 bits per heavy atom. The average Bonchev–Trinajstić information content (AvgIpc) is 2.17. The van der Waals surface area contributed by atoms with Crippen molar-refractivity contribution in [3.8, 4) is 23.0 Å². The Morgan fingerprint density at radius 2 is 0.447 bits per heavy atom. The Bertz CT molecular complexity index is 2680. The summed E-state index contributed by atoms with van der Waals surface area (Å²) in [6.07, 6.45) is 0. The number of carbonyl (C=O) groups is 4. The topological polar surface area (TPSA) is 186 Å². The van der Waals surface area contributed by atoms with Gasteiger partial charge >= 0.3 is 23.9 Å². The number of carbonyl (C=O) groups excluding carboxylic acids is 4. The van der Waals surface area contributed by atoms with Crippen LogP contribution in [0.4, 0.5) is 0 Å². The third-order valence-corrected chi connectivity index (χ3v) is 16.6. The second-order valence-electron chi connectivity index (χ2n) is 32.7. The molecule has 85 heavy (non-hydrogen) atoms. The molecule has 4 unspecified atom stereocenters. The summed E-state index contributed by atoms with van der Waals surface area (Å²) in [6, 6.07) is 15.0. The number of phenols is 4. The minimum absolute atomic E-state index is 0.0554. The third kappa shape index (κ3) is 17.1. The van der Waals surface area contributed by atoms with Gasteiger partial charge < -0.3 is 39.4 Å². The first-order valence-electron chi connectivity index (χ1n) is 30.3. The molecular weight excluding hydrogens is 1070 g/mol. The first-order chi connectivity index (χ1) is 38.2. The van der Waals surface area contributed by atoms with Crippen molar-refractivity contribution in [2.45, 2.75) is 261 Å². The molecule has 0 saturated heterocycles. The highest BCUT2D eigenvalue weighted by atomic mass is 16.6. The third-order valence-electron chi connectivity index (χ3n) is 16.6. The Labute approximate surface area is 511 Å². The van der Waals surface area contributed by atoms with E-state index in [0.29, 0.717) is 44.5 Å². The van der Waals surface area contributed by atoms with Crippen molar-refractivity contribution in [3.63, 3.8) is 0 Å². The van der Waals surface area contributed by atoms with Gasteiger partial charge in [-0.05, 0) is 116 Å². The highest BCUT2D eigenvalue weighted by Gasteiger charge is 2.42. The van der Waals surface area contributed by atoms with Crippen molar-refractivity contribution in [1.29, 1.82) is 0 Å². The van der Waals surface area contributed by atoms with Crippen LogP contribution < -0.4 is 0 Å². The van der Waals surface area contributed by atoms with Crippen molar-refractivity contribution < 1.29 is 58.6 Å². The van der Waals surface area contributed by atoms with Crippen LogP contribution in [0.5, 0.6) is 23.0 Å². The van der Waals surface area contributed by atoms with Crippen molar-refractivity contribution in [1.82, 2.24) is 0 Å². The molecule has 4 atom stereocenters. The molecule has 0 saturated carbocycles. The van der Waals surface area contributed by atoms with Crippen molar-refractivity contribution in [2.24, 2.45) is 5.41 Å². The number of phenolic OH excluding ortho intramolecular Hbond substituents is 4. The molecule has 4 N–H and O–H groups in total. The summed E-state index contributed by atoms with van der Waals surface area (Å²) in [5.74, 6) is -7.57. The van der Waals surface area contributed by atoms with Crippen LogP contribution in [0.2, 0.25) is 0 Å². The summed E-state index contributed by atoms with van der Waals surface area (Å²) in [6.45, 7) is 52.3.